The molecule has 0 saturated carbocycles. The molecular formula is C12H11BrN2OS. The van der Waals surface area contributed by atoms with Gasteiger partial charge in [0.15, 0.2) is 5.16 Å². The van der Waals surface area contributed by atoms with Crippen molar-refractivity contribution in [3.8, 4) is 0 Å². The first-order chi connectivity index (χ1) is 8.17. The monoisotopic (exact) mass is 310 g/mol. The van der Waals surface area contributed by atoms with Crippen molar-refractivity contribution >= 4 is 27.7 Å². The molecule has 0 spiro atoms. The number of thioether (sulfide) groups is 1. The molecule has 0 aliphatic heterocycles. The number of benzene rings is 1. The Morgan fingerprint density at radius 1 is 1.35 bits per heavy atom. The Labute approximate surface area is 112 Å². The Morgan fingerprint density at radius 3 is 2.71 bits per heavy atom. The summed E-state index contributed by atoms with van der Waals surface area (Å²) in [6.45, 7) is 0. The first-order valence-corrected chi connectivity index (χ1v) is 7.08. The zero-order valence-electron chi connectivity index (χ0n) is 9.24. The van der Waals surface area contributed by atoms with Gasteiger partial charge in [0.2, 0.25) is 0 Å². The molecule has 2 rings (SSSR count). The molecule has 5 heteroatoms. The molecule has 0 aliphatic rings. The third-order valence-corrected chi connectivity index (χ3v) is 3.37. The summed E-state index contributed by atoms with van der Waals surface area (Å²) in [6.07, 6.45) is 2.56. The highest BCUT2D eigenvalue weighted by Gasteiger charge is 2.02. The molecule has 0 bridgehead atoms. The molecule has 88 valence electrons. The van der Waals surface area contributed by atoms with Crippen LogP contribution in [-0.4, -0.2) is 16.2 Å². The number of nitrogens with one attached hydrogen (secondary N) is 1. The van der Waals surface area contributed by atoms with Gasteiger partial charge in [-0.15, -0.1) is 0 Å². The van der Waals surface area contributed by atoms with Gasteiger partial charge in [-0.2, -0.15) is 0 Å². The molecule has 1 N–H and O–H groups in total. The first-order valence-electron chi connectivity index (χ1n) is 5.06. The lowest BCUT2D eigenvalue weighted by Crippen LogP contribution is -2.10. The smallest absolute Gasteiger partial charge is 0.251 e. The number of nitrogens with zero attached hydrogens (tertiary/aromatic N) is 1. The van der Waals surface area contributed by atoms with Crippen LogP contribution in [0.1, 0.15) is 11.3 Å². The lowest BCUT2D eigenvalue weighted by molar-refractivity contribution is 0.881. The third-order valence-electron chi connectivity index (χ3n) is 2.26. The van der Waals surface area contributed by atoms with Gasteiger partial charge in [-0.3, -0.25) is 4.79 Å². The summed E-state index contributed by atoms with van der Waals surface area (Å²) in [5, 5.41) is 0.657. The Morgan fingerprint density at radius 2 is 2.06 bits per heavy atom. The van der Waals surface area contributed by atoms with E-state index in [4.69, 9.17) is 0 Å². The van der Waals surface area contributed by atoms with Gasteiger partial charge in [0.05, 0.1) is 5.69 Å². The van der Waals surface area contributed by atoms with Crippen molar-refractivity contribution < 1.29 is 0 Å². The average molecular weight is 311 g/mol. The van der Waals surface area contributed by atoms with Crippen LogP contribution in [0.25, 0.3) is 0 Å². The van der Waals surface area contributed by atoms with Gasteiger partial charge in [-0.05, 0) is 24.0 Å². The molecule has 0 aliphatic carbocycles. The normalized spacial score (nSPS) is 10.5. The predicted octanol–water partition coefficient (Wildman–Crippen LogP) is 2.85. The second kappa shape index (κ2) is 5.51. The largest absolute Gasteiger partial charge is 0.301 e. The minimum atomic E-state index is -0.100. The summed E-state index contributed by atoms with van der Waals surface area (Å²) in [7, 11) is 0. The molecule has 1 aromatic heterocycles. The second-order valence-electron chi connectivity index (χ2n) is 3.55. The predicted molar refractivity (Wildman–Crippen MR) is 73.6 cm³/mol. The van der Waals surface area contributed by atoms with Gasteiger partial charge in [0, 0.05) is 17.0 Å². The van der Waals surface area contributed by atoms with Crippen LogP contribution < -0.4 is 5.56 Å². The molecule has 17 heavy (non-hydrogen) atoms. The standard InChI is InChI=1S/C12H11BrN2OS/c1-17-12-14-10(7-11(16)15-12)6-8-2-4-9(13)5-3-8/h2-5,7H,6H2,1H3,(H,14,15,16). The van der Waals surface area contributed by atoms with Crippen LogP contribution in [0.15, 0.2) is 44.8 Å². The van der Waals surface area contributed by atoms with Crippen molar-refractivity contribution in [1.82, 2.24) is 9.97 Å². The minimum absolute atomic E-state index is 0.100. The van der Waals surface area contributed by atoms with Crippen LogP contribution in [0, 0.1) is 0 Å². The third kappa shape index (κ3) is 3.44. The van der Waals surface area contributed by atoms with E-state index in [0.29, 0.717) is 11.6 Å². The number of halogens is 1. The summed E-state index contributed by atoms with van der Waals surface area (Å²) < 4.78 is 1.05. The molecule has 0 unspecified atom stereocenters. The summed E-state index contributed by atoms with van der Waals surface area (Å²) in [4.78, 5) is 18.4. The molecule has 0 amide bonds. The van der Waals surface area contributed by atoms with Crippen molar-refractivity contribution in [3.63, 3.8) is 0 Å². The maximum atomic E-state index is 11.4. The molecule has 3 nitrogen and oxygen atoms in total. The lowest BCUT2D eigenvalue weighted by Gasteiger charge is -2.03. The summed E-state index contributed by atoms with van der Waals surface area (Å²) >= 11 is 4.83. The van der Waals surface area contributed by atoms with Crippen LogP contribution in [0.3, 0.4) is 0 Å². The molecule has 1 heterocycles. The van der Waals surface area contributed by atoms with E-state index in [1.165, 1.54) is 11.8 Å². The van der Waals surface area contributed by atoms with Crippen LogP contribution in [0.5, 0.6) is 0 Å². The Hall–Kier alpha value is -1.07. The maximum Gasteiger partial charge on any atom is 0.251 e. The lowest BCUT2D eigenvalue weighted by atomic mass is 10.1. The second-order valence-corrected chi connectivity index (χ2v) is 5.26. The van der Waals surface area contributed by atoms with Crippen molar-refractivity contribution in [2.75, 3.05) is 6.26 Å². The molecule has 1 aromatic carbocycles. The number of H-pyrrole nitrogens is 1. The fraction of sp³-hybridized carbons (Fsp3) is 0.167. The van der Waals surface area contributed by atoms with Crippen molar-refractivity contribution in [2.45, 2.75) is 11.6 Å². The van der Waals surface area contributed by atoms with E-state index < -0.39 is 0 Å². The van der Waals surface area contributed by atoms with Crippen molar-refractivity contribution in [2.24, 2.45) is 0 Å². The molecule has 0 atom stereocenters. The number of hydrogen-bond acceptors (Lipinski definition) is 3. The summed E-state index contributed by atoms with van der Waals surface area (Å²) in [5.74, 6) is 0. The number of aromatic nitrogens is 2. The first kappa shape index (κ1) is 12.4. The van der Waals surface area contributed by atoms with Crippen molar-refractivity contribution in [1.29, 1.82) is 0 Å². The average Bonchev–Trinajstić information content (AvgIpc) is 2.31. The number of rotatable bonds is 3. The van der Waals surface area contributed by atoms with Gasteiger partial charge in [-0.25, -0.2) is 4.98 Å². The molecule has 0 saturated heterocycles. The molecule has 0 radical (unpaired) electrons. The van der Waals surface area contributed by atoms with Crippen LogP contribution in [-0.2, 0) is 6.42 Å². The molecule has 2 aromatic rings. The van der Waals surface area contributed by atoms with E-state index in [-0.39, 0.29) is 5.56 Å². The highest BCUT2D eigenvalue weighted by atomic mass is 79.9. The minimum Gasteiger partial charge on any atom is -0.301 e. The Bertz CT molecular complexity index is 565. The Kier molecular flexibility index (Phi) is 4.02. The summed E-state index contributed by atoms with van der Waals surface area (Å²) in [6, 6.07) is 9.55. The van der Waals surface area contributed by atoms with E-state index in [1.54, 1.807) is 6.07 Å². The molecule has 0 fully saturated rings. The van der Waals surface area contributed by atoms with Gasteiger partial charge in [0.25, 0.3) is 5.56 Å². The summed E-state index contributed by atoms with van der Waals surface area (Å²) in [5.41, 5.74) is 1.83. The Balaban J connectivity index is 2.26. The highest BCUT2D eigenvalue weighted by molar-refractivity contribution is 9.10. The fourth-order valence-corrected chi connectivity index (χ4v) is 2.16. The van der Waals surface area contributed by atoms with E-state index in [0.717, 1.165) is 15.7 Å². The number of hydrogen-bond donors (Lipinski definition) is 1. The van der Waals surface area contributed by atoms with E-state index in [1.807, 2.05) is 30.5 Å². The van der Waals surface area contributed by atoms with Gasteiger partial charge in [0.1, 0.15) is 0 Å². The highest BCUT2D eigenvalue weighted by Crippen LogP contribution is 2.13. The van der Waals surface area contributed by atoms with E-state index >= 15 is 0 Å². The van der Waals surface area contributed by atoms with Crippen molar-refractivity contribution in [3.05, 3.63) is 56.4 Å². The van der Waals surface area contributed by atoms with Gasteiger partial charge < -0.3 is 4.98 Å². The van der Waals surface area contributed by atoms with Crippen LogP contribution >= 0.6 is 27.7 Å². The fourth-order valence-electron chi connectivity index (χ4n) is 1.48. The maximum absolute atomic E-state index is 11.4. The van der Waals surface area contributed by atoms with Gasteiger partial charge >= 0.3 is 0 Å². The van der Waals surface area contributed by atoms with Crippen LogP contribution in [0.4, 0.5) is 0 Å². The quantitative estimate of drug-likeness (QED) is 0.700. The zero-order chi connectivity index (χ0) is 12.3. The van der Waals surface area contributed by atoms with E-state index in [9.17, 15) is 4.79 Å². The van der Waals surface area contributed by atoms with E-state index in [2.05, 4.69) is 25.9 Å². The topological polar surface area (TPSA) is 45.8 Å². The zero-order valence-corrected chi connectivity index (χ0v) is 11.6. The SMILES string of the molecule is CSc1nc(Cc2ccc(Br)cc2)cc(=O)[nH]1. The van der Waals surface area contributed by atoms with Gasteiger partial charge in [-0.1, -0.05) is 39.8 Å². The molecular weight excluding hydrogens is 300 g/mol. The van der Waals surface area contributed by atoms with Crippen LogP contribution in [0.2, 0.25) is 0 Å². The number of aromatic amines is 1.